The summed E-state index contributed by atoms with van der Waals surface area (Å²) in [5.74, 6) is -1.09. The third-order valence-corrected chi connectivity index (χ3v) is 4.66. The number of thiazole rings is 1. The molecule has 8 nitrogen and oxygen atoms in total. The molecule has 1 N–H and O–H groups in total. The van der Waals surface area contributed by atoms with Crippen LogP contribution in [0.4, 0.5) is 5.13 Å². The van der Waals surface area contributed by atoms with Gasteiger partial charge in [0, 0.05) is 23.5 Å². The third kappa shape index (κ3) is 2.84. The van der Waals surface area contributed by atoms with Crippen molar-refractivity contribution in [3.63, 3.8) is 0 Å². The molecule has 3 amide bonds. The Hall–Kier alpha value is -3.46. The highest BCUT2D eigenvalue weighted by atomic mass is 32.1. The summed E-state index contributed by atoms with van der Waals surface area (Å²) >= 11 is 1.19. The molecule has 0 spiro atoms. The van der Waals surface area contributed by atoms with Gasteiger partial charge in [0.15, 0.2) is 5.13 Å². The predicted molar refractivity (Wildman–Crippen MR) is 92.7 cm³/mol. The van der Waals surface area contributed by atoms with Crippen LogP contribution < -0.4 is 5.32 Å². The Morgan fingerprint density at radius 2 is 1.77 bits per heavy atom. The van der Waals surface area contributed by atoms with E-state index in [1.807, 2.05) is 0 Å². The van der Waals surface area contributed by atoms with Gasteiger partial charge in [-0.25, -0.2) is 9.97 Å². The fraction of sp³-hybridized carbons (Fsp3) is 0.0588. The Kier molecular flexibility index (Phi) is 3.98. The summed E-state index contributed by atoms with van der Waals surface area (Å²) in [5, 5.41) is 2.97. The molecule has 0 atom stereocenters. The van der Waals surface area contributed by atoms with Crippen LogP contribution in [0, 0.1) is 0 Å². The van der Waals surface area contributed by atoms with E-state index in [9.17, 15) is 14.4 Å². The zero-order chi connectivity index (χ0) is 18.1. The minimum Gasteiger partial charge on any atom is -0.296 e. The first kappa shape index (κ1) is 16.0. The Labute approximate surface area is 151 Å². The van der Waals surface area contributed by atoms with E-state index < -0.39 is 5.91 Å². The number of amides is 3. The number of aromatic nitrogens is 3. The minimum atomic E-state index is -0.431. The first-order valence-electron chi connectivity index (χ1n) is 7.61. The molecule has 9 heteroatoms. The number of hydrogen-bond donors (Lipinski definition) is 1. The van der Waals surface area contributed by atoms with Gasteiger partial charge in [-0.3, -0.25) is 29.6 Å². The fourth-order valence-electron chi connectivity index (χ4n) is 2.55. The Morgan fingerprint density at radius 3 is 2.42 bits per heavy atom. The van der Waals surface area contributed by atoms with Gasteiger partial charge in [0.2, 0.25) is 0 Å². The first-order chi connectivity index (χ1) is 12.6. The molecule has 26 heavy (non-hydrogen) atoms. The summed E-state index contributed by atoms with van der Waals surface area (Å²) in [7, 11) is 0. The van der Waals surface area contributed by atoms with Gasteiger partial charge < -0.3 is 0 Å². The Morgan fingerprint density at radius 1 is 1.04 bits per heavy atom. The molecule has 0 saturated heterocycles. The van der Waals surface area contributed by atoms with Crippen molar-refractivity contribution in [2.45, 2.75) is 6.54 Å². The molecular weight excluding hydrogens is 354 g/mol. The number of carbonyl (C=O) groups excluding carboxylic acids is 3. The van der Waals surface area contributed by atoms with Gasteiger partial charge in [-0.1, -0.05) is 23.5 Å². The van der Waals surface area contributed by atoms with Crippen molar-refractivity contribution in [3.05, 3.63) is 70.8 Å². The lowest BCUT2D eigenvalue weighted by Gasteiger charge is -2.11. The molecule has 0 bridgehead atoms. The Bertz CT molecular complexity index is 983. The van der Waals surface area contributed by atoms with Crippen molar-refractivity contribution in [2.75, 3.05) is 5.32 Å². The van der Waals surface area contributed by atoms with E-state index in [2.05, 4.69) is 20.3 Å². The molecule has 3 aromatic rings. The van der Waals surface area contributed by atoms with Crippen LogP contribution in [-0.4, -0.2) is 37.6 Å². The molecule has 128 valence electrons. The summed E-state index contributed by atoms with van der Waals surface area (Å²) in [6.45, 7) is 0.102. The maximum atomic E-state index is 12.4. The zero-order valence-electron chi connectivity index (χ0n) is 13.2. The molecule has 1 aliphatic rings. The van der Waals surface area contributed by atoms with E-state index >= 15 is 0 Å². The molecule has 0 saturated carbocycles. The van der Waals surface area contributed by atoms with Gasteiger partial charge in [0.1, 0.15) is 5.69 Å². The van der Waals surface area contributed by atoms with Crippen molar-refractivity contribution in [1.29, 1.82) is 0 Å². The maximum Gasteiger partial charge on any atom is 0.277 e. The lowest BCUT2D eigenvalue weighted by Crippen LogP contribution is -2.28. The van der Waals surface area contributed by atoms with E-state index in [0.29, 0.717) is 21.1 Å². The van der Waals surface area contributed by atoms with Gasteiger partial charge in [-0.2, -0.15) is 0 Å². The summed E-state index contributed by atoms with van der Waals surface area (Å²) in [6, 6.07) is 6.71. The first-order valence-corrected chi connectivity index (χ1v) is 8.42. The quantitative estimate of drug-likeness (QED) is 0.709. The molecular formula is C17H11N5O3S. The van der Waals surface area contributed by atoms with E-state index in [1.54, 1.807) is 24.3 Å². The van der Waals surface area contributed by atoms with Gasteiger partial charge in [0.25, 0.3) is 17.7 Å². The number of benzene rings is 1. The van der Waals surface area contributed by atoms with Crippen LogP contribution in [0.15, 0.2) is 49.1 Å². The van der Waals surface area contributed by atoms with Crippen LogP contribution in [0.1, 0.15) is 36.1 Å². The maximum absolute atomic E-state index is 12.4. The second-order valence-corrected chi connectivity index (χ2v) is 6.53. The van der Waals surface area contributed by atoms with Crippen molar-refractivity contribution in [1.82, 2.24) is 19.9 Å². The summed E-state index contributed by atoms with van der Waals surface area (Å²) < 4.78 is 0. The molecule has 0 radical (unpaired) electrons. The summed E-state index contributed by atoms with van der Waals surface area (Å²) in [4.78, 5) is 50.5. The van der Waals surface area contributed by atoms with Crippen molar-refractivity contribution in [3.8, 4) is 0 Å². The third-order valence-electron chi connectivity index (χ3n) is 3.76. The van der Waals surface area contributed by atoms with E-state index in [1.165, 1.54) is 41.0 Å². The summed E-state index contributed by atoms with van der Waals surface area (Å²) in [6.07, 6.45) is 5.77. The number of carbonyl (C=O) groups is 3. The zero-order valence-corrected chi connectivity index (χ0v) is 14.1. The van der Waals surface area contributed by atoms with Crippen LogP contribution >= 0.6 is 11.3 Å². The van der Waals surface area contributed by atoms with E-state index in [-0.39, 0.29) is 24.1 Å². The molecule has 4 rings (SSSR count). The van der Waals surface area contributed by atoms with E-state index in [0.717, 1.165) is 0 Å². The van der Waals surface area contributed by atoms with Gasteiger partial charge in [-0.05, 0) is 12.1 Å². The smallest absolute Gasteiger partial charge is 0.277 e. The lowest BCUT2D eigenvalue weighted by molar-refractivity contribution is 0.0643. The van der Waals surface area contributed by atoms with Crippen LogP contribution in [0.5, 0.6) is 0 Å². The standard InChI is InChI=1S/C17H11N5O3S/c23-14(13-8-18-5-6-19-13)21-17-20-7-10(26-17)9-22-15(24)11-3-1-2-4-12(11)16(22)25/h1-8H,9H2,(H,20,21,23). The second kappa shape index (κ2) is 6.45. The second-order valence-electron chi connectivity index (χ2n) is 5.42. The van der Waals surface area contributed by atoms with Crippen molar-refractivity contribution >= 4 is 34.2 Å². The van der Waals surface area contributed by atoms with Gasteiger partial charge >= 0.3 is 0 Å². The van der Waals surface area contributed by atoms with Crippen molar-refractivity contribution in [2.24, 2.45) is 0 Å². The monoisotopic (exact) mass is 365 g/mol. The number of hydrogen-bond acceptors (Lipinski definition) is 7. The van der Waals surface area contributed by atoms with Crippen LogP contribution in [0.3, 0.4) is 0 Å². The summed E-state index contributed by atoms with van der Waals surface area (Å²) in [5.41, 5.74) is 0.973. The molecule has 0 unspecified atom stereocenters. The SMILES string of the molecule is O=C(Nc1ncc(CN2C(=O)c3ccccc3C2=O)s1)c1cnccn1. The normalized spacial score (nSPS) is 13.0. The molecule has 3 heterocycles. The predicted octanol–water partition coefficient (Wildman–Crippen LogP) is 1.98. The van der Waals surface area contributed by atoms with Crippen LogP contribution in [0.25, 0.3) is 0 Å². The molecule has 2 aromatic heterocycles. The number of anilines is 1. The van der Waals surface area contributed by atoms with Crippen LogP contribution in [-0.2, 0) is 6.54 Å². The highest BCUT2D eigenvalue weighted by Gasteiger charge is 2.35. The van der Waals surface area contributed by atoms with Crippen LogP contribution in [0.2, 0.25) is 0 Å². The van der Waals surface area contributed by atoms with E-state index in [4.69, 9.17) is 0 Å². The number of nitrogens with zero attached hydrogens (tertiary/aromatic N) is 4. The molecule has 0 fully saturated rings. The van der Waals surface area contributed by atoms with Gasteiger partial charge in [0.05, 0.1) is 23.9 Å². The number of nitrogens with one attached hydrogen (secondary N) is 1. The number of fused-ring (bicyclic) bond motifs is 1. The van der Waals surface area contributed by atoms with Crippen molar-refractivity contribution < 1.29 is 14.4 Å². The Balaban J connectivity index is 1.47. The lowest BCUT2D eigenvalue weighted by atomic mass is 10.1. The van der Waals surface area contributed by atoms with Gasteiger partial charge in [-0.15, -0.1) is 0 Å². The fourth-order valence-corrected chi connectivity index (χ4v) is 3.35. The number of rotatable bonds is 4. The molecule has 0 aliphatic carbocycles. The average Bonchev–Trinajstić information content (AvgIpc) is 3.21. The average molecular weight is 365 g/mol. The molecule has 1 aromatic carbocycles. The minimum absolute atomic E-state index is 0.102. The largest absolute Gasteiger partial charge is 0.296 e. The topological polar surface area (TPSA) is 105 Å². The molecule has 1 aliphatic heterocycles. The highest BCUT2D eigenvalue weighted by molar-refractivity contribution is 7.15. The number of imide groups is 1. The highest BCUT2D eigenvalue weighted by Crippen LogP contribution is 2.27.